The Bertz CT molecular complexity index is 537. The third kappa shape index (κ3) is 1.92. The van der Waals surface area contributed by atoms with Crippen molar-refractivity contribution in [2.45, 2.75) is 32.1 Å². The summed E-state index contributed by atoms with van der Waals surface area (Å²) in [5.41, 5.74) is 1.55. The number of aryl methyl sites for hydroxylation is 1. The van der Waals surface area contributed by atoms with Gasteiger partial charge in [0.1, 0.15) is 5.41 Å². The Hall–Kier alpha value is -1.82. The molecule has 2 fully saturated rings. The number of carbonyl (C=O) groups excluding carboxylic acids is 1. The van der Waals surface area contributed by atoms with Gasteiger partial charge in [0.25, 0.3) is 0 Å². The van der Waals surface area contributed by atoms with E-state index in [0.717, 1.165) is 31.5 Å². The van der Waals surface area contributed by atoms with Crippen LogP contribution in [0.4, 0.5) is 0 Å². The fourth-order valence-electron chi connectivity index (χ4n) is 3.07. The normalized spacial score (nSPS) is 29.1. The predicted octanol–water partition coefficient (Wildman–Crippen LogP) is 2.61. The second-order valence-corrected chi connectivity index (χ2v) is 5.75. The van der Waals surface area contributed by atoms with Crippen molar-refractivity contribution in [1.29, 1.82) is 5.26 Å². The second-order valence-electron chi connectivity index (χ2n) is 5.75. The second kappa shape index (κ2) is 4.38. The van der Waals surface area contributed by atoms with Crippen LogP contribution in [0.2, 0.25) is 0 Å². The van der Waals surface area contributed by atoms with Crippen molar-refractivity contribution in [3.05, 3.63) is 35.4 Å². The van der Waals surface area contributed by atoms with Gasteiger partial charge in [0, 0.05) is 19.0 Å². The van der Waals surface area contributed by atoms with Crippen molar-refractivity contribution in [1.82, 2.24) is 4.90 Å². The van der Waals surface area contributed by atoms with Gasteiger partial charge < -0.3 is 4.90 Å². The van der Waals surface area contributed by atoms with E-state index in [2.05, 4.69) is 30.3 Å². The Morgan fingerprint density at radius 3 is 2.53 bits per heavy atom. The molecule has 1 saturated carbocycles. The third-order valence-corrected chi connectivity index (χ3v) is 4.41. The average Bonchev–Trinajstić information content (AvgIpc) is 2.93. The lowest BCUT2D eigenvalue weighted by Crippen LogP contribution is -2.35. The topological polar surface area (TPSA) is 44.1 Å². The van der Waals surface area contributed by atoms with Gasteiger partial charge in [0.2, 0.25) is 5.91 Å². The Morgan fingerprint density at radius 2 is 1.95 bits per heavy atom. The van der Waals surface area contributed by atoms with Gasteiger partial charge in [-0.1, -0.05) is 29.8 Å². The first kappa shape index (κ1) is 12.2. The van der Waals surface area contributed by atoms with Crippen LogP contribution in [0.25, 0.3) is 0 Å². The molecular weight excluding hydrogens is 236 g/mol. The fourth-order valence-corrected chi connectivity index (χ4v) is 3.07. The van der Waals surface area contributed by atoms with Gasteiger partial charge in [-0.3, -0.25) is 4.79 Å². The molecule has 2 atom stereocenters. The standard InChI is InChI=1S/C16H18N2O/c1-12-4-6-13(7-5-12)14-10-16(14,11-17)15(19)18-8-2-3-9-18/h4-7,14H,2-3,8-10H2,1H3/t14-,16-/m0/s1. The van der Waals surface area contributed by atoms with Gasteiger partial charge >= 0.3 is 0 Å². The van der Waals surface area contributed by atoms with Crippen LogP contribution >= 0.6 is 0 Å². The zero-order valence-electron chi connectivity index (χ0n) is 11.2. The number of carbonyl (C=O) groups is 1. The first-order valence-corrected chi connectivity index (χ1v) is 6.94. The van der Waals surface area contributed by atoms with E-state index in [9.17, 15) is 10.1 Å². The molecule has 0 N–H and O–H groups in total. The molecule has 3 nitrogen and oxygen atoms in total. The van der Waals surface area contributed by atoms with Crippen LogP contribution in [0.3, 0.4) is 0 Å². The molecule has 0 spiro atoms. The molecule has 2 aliphatic rings. The van der Waals surface area contributed by atoms with E-state index in [1.165, 1.54) is 5.56 Å². The van der Waals surface area contributed by atoms with E-state index in [1.54, 1.807) is 0 Å². The molecular formula is C16H18N2O. The number of hydrogen-bond acceptors (Lipinski definition) is 2. The first-order chi connectivity index (χ1) is 9.17. The minimum atomic E-state index is -0.778. The average molecular weight is 254 g/mol. The van der Waals surface area contributed by atoms with Crippen molar-refractivity contribution in [3.63, 3.8) is 0 Å². The van der Waals surface area contributed by atoms with Crippen LogP contribution in [0, 0.1) is 23.7 Å². The molecule has 1 heterocycles. The number of likely N-dealkylation sites (tertiary alicyclic amines) is 1. The SMILES string of the molecule is Cc1ccc([C@@H]2C[C@@]2(C#N)C(=O)N2CCCC2)cc1. The van der Waals surface area contributed by atoms with Crippen LogP contribution < -0.4 is 0 Å². The van der Waals surface area contributed by atoms with E-state index in [1.807, 2.05) is 11.8 Å². The number of nitrogens with zero attached hydrogens (tertiary/aromatic N) is 2. The van der Waals surface area contributed by atoms with E-state index < -0.39 is 5.41 Å². The number of amides is 1. The highest BCUT2D eigenvalue weighted by Gasteiger charge is 2.62. The Kier molecular flexibility index (Phi) is 2.82. The summed E-state index contributed by atoms with van der Waals surface area (Å²) in [6, 6.07) is 10.5. The maximum absolute atomic E-state index is 12.5. The van der Waals surface area contributed by atoms with E-state index in [-0.39, 0.29) is 11.8 Å². The van der Waals surface area contributed by atoms with E-state index in [4.69, 9.17) is 0 Å². The largest absolute Gasteiger partial charge is 0.341 e. The van der Waals surface area contributed by atoms with E-state index >= 15 is 0 Å². The van der Waals surface area contributed by atoms with Crippen molar-refractivity contribution < 1.29 is 4.79 Å². The summed E-state index contributed by atoms with van der Waals surface area (Å²) < 4.78 is 0. The maximum atomic E-state index is 12.5. The zero-order valence-corrected chi connectivity index (χ0v) is 11.2. The van der Waals surface area contributed by atoms with Crippen LogP contribution in [-0.4, -0.2) is 23.9 Å². The smallest absolute Gasteiger partial charge is 0.243 e. The number of hydrogen-bond donors (Lipinski definition) is 0. The molecule has 98 valence electrons. The Morgan fingerprint density at radius 1 is 1.32 bits per heavy atom. The quantitative estimate of drug-likeness (QED) is 0.814. The van der Waals surface area contributed by atoms with Gasteiger partial charge in [-0.25, -0.2) is 0 Å². The first-order valence-electron chi connectivity index (χ1n) is 6.94. The molecule has 0 aromatic heterocycles. The lowest BCUT2D eigenvalue weighted by molar-refractivity contribution is -0.134. The minimum absolute atomic E-state index is 0.0538. The molecule has 1 aliphatic carbocycles. The van der Waals surface area contributed by atoms with Gasteiger partial charge in [-0.05, 0) is 31.7 Å². The molecule has 0 unspecified atom stereocenters. The van der Waals surface area contributed by atoms with Crippen molar-refractivity contribution in [2.75, 3.05) is 13.1 Å². The van der Waals surface area contributed by atoms with Crippen LogP contribution in [0.15, 0.2) is 24.3 Å². The molecule has 19 heavy (non-hydrogen) atoms. The molecule has 3 rings (SSSR count). The highest BCUT2D eigenvalue weighted by Crippen LogP contribution is 2.60. The highest BCUT2D eigenvalue weighted by atomic mass is 16.2. The lowest BCUT2D eigenvalue weighted by atomic mass is 9.98. The summed E-state index contributed by atoms with van der Waals surface area (Å²) >= 11 is 0. The zero-order chi connectivity index (χ0) is 13.5. The van der Waals surface area contributed by atoms with Crippen LogP contribution in [0.1, 0.15) is 36.3 Å². The van der Waals surface area contributed by atoms with Crippen molar-refractivity contribution >= 4 is 5.91 Å². The number of rotatable bonds is 2. The van der Waals surface area contributed by atoms with Gasteiger partial charge in [-0.15, -0.1) is 0 Å². The van der Waals surface area contributed by atoms with Crippen LogP contribution in [0.5, 0.6) is 0 Å². The summed E-state index contributed by atoms with van der Waals surface area (Å²) in [7, 11) is 0. The van der Waals surface area contributed by atoms with Crippen molar-refractivity contribution in [2.24, 2.45) is 5.41 Å². The maximum Gasteiger partial charge on any atom is 0.243 e. The molecule has 1 saturated heterocycles. The highest BCUT2D eigenvalue weighted by molar-refractivity contribution is 5.90. The minimum Gasteiger partial charge on any atom is -0.341 e. The van der Waals surface area contributed by atoms with Crippen molar-refractivity contribution in [3.8, 4) is 6.07 Å². The fraction of sp³-hybridized carbons (Fsp3) is 0.500. The van der Waals surface area contributed by atoms with Gasteiger partial charge in [0.15, 0.2) is 0 Å². The predicted molar refractivity (Wildman–Crippen MR) is 72.4 cm³/mol. The molecule has 1 aromatic carbocycles. The molecule has 0 radical (unpaired) electrons. The summed E-state index contributed by atoms with van der Waals surface area (Å²) in [5, 5.41) is 9.48. The van der Waals surface area contributed by atoms with Crippen LogP contribution in [-0.2, 0) is 4.79 Å². The molecule has 3 heteroatoms. The number of benzene rings is 1. The molecule has 1 amide bonds. The van der Waals surface area contributed by atoms with E-state index in [0.29, 0.717) is 6.42 Å². The summed E-state index contributed by atoms with van der Waals surface area (Å²) in [6.45, 7) is 3.69. The summed E-state index contributed by atoms with van der Waals surface area (Å²) in [4.78, 5) is 14.4. The summed E-state index contributed by atoms with van der Waals surface area (Å²) in [5.74, 6) is 0.143. The lowest BCUT2D eigenvalue weighted by Gasteiger charge is -2.19. The van der Waals surface area contributed by atoms with Gasteiger partial charge in [0.05, 0.1) is 6.07 Å². The Balaban J connectivity index is 1.82. The third-order valence-electron chi connectivity index (χ3n) is 4.41. The number of nitriles is 1. The molecule has 1 aliphatic heterocycles. The molecule has 0 bridgehead atoms. The Labute approximate surface area is 113 Å². The molecule has 1 aromatic rings. The summed E-state index contributed by atoms with van der Waals surface area (Å²) in [6.07, 6.45) is 2.83. The van der Waals surface area contributed by atoms with Gasteiger partial charge in [-0.2, -0.15) is 5.26 Å². The monoisotopic (exact) mass is 254 g/mol.